The Labute approximate surface area is 136 Å². The molecule has 1 aromatic rings. The number of thioether (sulfide) groups is 1. The third kappa shape index (κ3) is 5.83. The number of allylic oxidation sites excluding steroid dienone is 1. The zero-order valence-corrected chi connectivity index (χ0v) is 12.7. The largest absolute Gasteiger partial charge is 0.366 e. The van der Waals surface area contributed by atoms with E-state index in [-0.39, 0.29) is 11.7 Å². The van der Waals surface area contributed by atoms with Gasteiger partial charge in [-0.25, -0.2) is 10.2 Å². The lowest BCUT2D eigenvalue weighted by Gasteiger charge is -2.12. The van der Waals surface area contributed by atoms with Crippen LogP contribution in [0.5, 0.6) is 0 Å². The van der Waals surface area contributed by atoms with Crippen LogP contribution >= 0.6 is 11.8 Å². The van der Waals surface area contributed by atoms with E-state index in [9.17, 15) is 14.4 Å². The molecule has 2 rings (SSSR count). The number of hydrazone groups is 1. The number of carbonyl (C=O) groups excluding carboxylic acids is 3. The van der Waals surface area contributed by atoms with Crippen LogP contribution in [0.4, 0.5) is 4.79 Å². The molecule has 118 valence electrons. The van der Waals surface area contributed by atoms with Crippen LogP contribution in [0.15, 0.2) is 51.7 Å². The highest BCUT2D eigenvalue weighted by Crippen LogP contribution is 2.15. The van der Waals surface area contributed by atoms with Crippen LogP contribution in [0.25, 0.3) is 6.08 Å². The molecule has 0 aliphatic carbocycles. The molecule has 9 heteroatoms. The maximum atomic E-state index is 11.5. The predicted octanol–water partition coefficient (Wildman–Crippen LogP) is 1.56. The summed E-state index contributed by atoms with van der Waals surface area (Å²) in [6.45, 7) is 0. The number of hydrogen-bond donors (Lipinski definition) is 2. The zero-order chi connectivity index (χ0) is 16.5. The second kappa shape index (κ2) is 8.59. The first-order valence-electron chi connectivity index (χ1n) is 6.56. The van der Waals surface area contributed by atoms with Crippen molar-refractivity contribution < 1.29 is 14.4 Å². The summed E-state index contributed by atoms with van der Waals surface area (Å²) in [5.74, 6) is -1.01. The SMILES string of the molecule is O=C(CSC1N=NC(=O)NC1=O)NN=CC=Cc1ccccc1. The van der Waals surface area contributed by atoms with Crippen molar-refractivity contribution in [3.8, 4) is 0 Å². The molecule has 1 unspecified atom stereocenters. The van der Waals surface area contributed by atoms with Crippen molar-refractivity contribution in [2.45, 2.75) is 5.37 Å². The Morgan fingerprint density at radius 3 is 2.87 bits per heavy atom. The molecule has 1 aliphatic heterocycles. The van der Waals surface area contributed by atoms with E-state index in [0.29, 0.717) is 0 Å². The average molecular weight is 331 g/mol. The molecular formula is C14H13N5O3S. The number of imide groups is 1. The van der Waals surface area contributed by atoms with Crippen LogP contribution < -0.4 is 10.7 Å². The van der Waals surface area contributed by atoms with Crippen molar-refractivity contribution in [1.29, 1.82) is 0 Å². The lowest BCUT2D eigenvalue weighted by molar-refractivity contribution is -0.119. The Morgan fingerprint density at radius 2 is 2.13 bits per heavy atom. The topological polar surface area (TPSA) is 112 Å². The first-order chi connectivity index (χ1) is 11.1. The first kappa shape index (κ1) is 16.6. The fraction of sp³-hybridized carbons (Fsp3) is 0.143. The van der Waals surface area contributed by atoms with Gasteiger partial charge in [0.05, 0.1) is 5.75 Å². The second-order valence-corrected chi connectivity index (χ2v) is 5.32. The van der Waals surface area contributed by atoms with Crippen molar-refractivity contribution >= 4 is 41.9 Å². The molecule has 8 nitrogen and oxygen atoms in total. The number of rotatable bonds is 6. The van der Waals surface area contributed by atoms with Crippen LogP contribution in [0.3, 0.4) is 0 Å². The van der Waals surface area contributed by atoms with Crippen molar-refractivity contribution in [1.82, 2.24) is 10.7 Å². The third-order valence-electron chi connectivity index (χ3n) is 2.52. The molecule has 0 aromatic heterocycles. The van der Waals surface area contributed by atoms with Gasteiger partial charge in [-0.1, -0.05) is 41.5 Å². The van der Waals surface area contributed by atoms with Gasteiger partial charge in [0, 0.05) is 6.21 Å². The minimum absolute atomic E-state index is 0.0367. The summed E-state index contributed by atoms with van der Waals surface area (Å²) in [6.07, 6.45) is 4.98. The van der Waals surface area contributed by atoms with Gasteiger partial charge >= 0.3 is 6.03 Å². The van der Waals surface area contributed by atoms with Crippen LogP contribution in [-0.4, -0.2) is 35.2 Å². The van der Waals surface area contributed by atoms with Gasteiger partial charge in [-0.15, -0.1) is 11.8 Å². The first-order valence-corrected chi connectivity index (χ1v) is 7.61. The standard InChI is InChI=1S/C14H13N5O3S/c20-11(9-23-13-12(21)16-14(22)19-18-13)17-15-8-4-7-10-5-2-1-3-6-10/h1-8,13H,9H2,(H,17,20)(H,16,21,22). The molecule has 23 heavy (non-hydrogen) atoms. The Hall–Kier alpha value is -2.81. The van der Waals surface area contributed by atoms with E-state index in [4.69, 9.17) is 0 Å². The number of benzene rings is 1. The number of urea groups is 1. The number of azo groups is 1. The van der Waals surface area contributed by atoms with Gasteiger partial charge in [0.2, 0.25) is 5.91 Å². The molecule has 1 aromatic carbocycles. The van der Waals surface area contributed by atoms with Crippen molar-refractivity contribution in [3.05, 3.63) is 42.0 Å². The zero-order valence-electron chi connectivity index (χ0n) is 11.9. The van der Waals surface area contributed by atoms with Gasteiger partial charge in [-0.3, -0.25) is 14.9 Å². The van der Waals surface area contributed by atoms with Crippen LogP contribution in [0.1, 0.15) is 5.56 Å². The summed E-state index contributed by atoms with van der Waals surface area (Å²) in [4.78, 5) is 33.7. The summed E-state index contributed by atoms with van der Waals surface area (Å²) in [7, 11) is 0. The van der Waals surface area contributed by atoms with Gasteiger partial charge < -0.3 is 0 Å². The molecule has 1 aliphatic rings. The third-order valence-corrected chi connectivity index (χ3v) is 3.57. The van der Waals surface area contributed by atoms with Gasteiger partial charge in [0.1, 0.15) is 0 Å². The maximum absolute atomic E-state index is 11.5. The smallest absolute Gasteiger partial charge is 0.272 e. The lowest BCUT2D eigenvalue weighted by atomic mass is 10.2. The fourth-order valence-electron chi connectivity index (χ4n) is 1.52. The Kier molecular flexibility index (Phi) is 6.18. The van der Waals surface area contributed by atoms with E-state index in [1.165, 1.54) is 6.21 Å². The van der Waals surface area contributed by atoms with Gasteiger partial charge in [-0.2, -0.15) is 10.2 Å². The minimum atomic E-state index is -0.902. The Morgan fingerprint density at radius 1 is 1.35 bits per heavy atom. The number of hydrogen-bond acceptors (Lipinski definition) is 6. The molecule has 0 saturated heterocycles. The highest BCUT2D eigenvalue weighted by Gasteiger charge is 2.25. The highest BCUT2D eigenvalue weighted by molar-refractivity contribution is 8.01. The Balaban J connectivity index is 1.70. The van der Waals surface area contributed by atoms with E-state index in [2.05, 4.69) is 20.8 Å². The molecule has 0 spiro atoms. The minimum Gasteiger partial charge on any atom is -0.272 e. The van der Waals surface area contributed by atoms with E-state index in [0.717, 1.165) is 17.3 Å². The van der Waals surface area contributed by atoms with Crippen LogP contribution in [0, 0.1) is 0 Å². The molecule has 1 heterocycles. The van der Waals surface area contributed by atoms with E-state index in [1.54, 1.807) is 6.08 Å². The van der Waals surface area contributed by atoms with Gasteiger partial charge in [0.25, 0.3) is 5.91 Å². The molecule has 4 amide bonds. The maximum Gasteiger partial charge on any atom is 0.366 e. The van der Waals surface area contributed by atoms with Gasteiger partial charge in [0.15, 0.2) is 5.37 Å². The van der Waals surface area contributed by atoms with Crippen LogP contribution in [0.2, 0.25) is 0 Å². The summed E-state index contributed by atoms with van der Waals surface area (Å²) >= 11 is 0.948. The molecular weight excluding hydrogens is 318 g/mol. The molecule has 1 atom stereocenters. The quantitative estimate of drug-likeness (QED) is 0.608. The molecule has 0 saturated carbocycles. The summed E-state index contributed by atoms with van der Waals surface area (Å²) in [5.41, 5.74) is 3.34. The molecule has 0 radical (unpaired) electrons. The van der Waals surface area contributed by atoms with E-state index in [1.807, 2.05) is 41.7 Å². The lowest BCUT2D eigenvalue weighted by Crippen LogP contribution is -2.38. The van der Waals surface area contributed by atoms with Crippen molar-refractivity contribution in [3.63, 3.8) is 0 Å². The Bertz CT molecular complexity index is 672. The molecule has 0 bridgehead atoms. The second-order valence-electron chi connectivity index (χ2n) is 4.26. The summed E-state index contributed by atoms with van der Waals surface area (Å²) in [5, 5.41) is 11.6. The molecule has 2 N–H and O–H groups in total. The van der Waals surface area contributed by atoms with E-state index >= 15 is 0 Å². The number of nitrogens with one attached hydrogen (secondary N) is 2. The number of carbonyl (C=O) groups is 3. The van der Waals surface area contributed by atoms with Crippen molar-refractivity contribution in [2.75, 3.05) is 5.75 Å². The summed E-state index contributed by atoms with van der Waals surface area (Å²) in [6, 6.07) is 8.84. The fourth-order valence-corrected chi connectivity index (χ4v) is 2.21. The van der Waals surface area contributed by atoms with E-state index < -0.39 is 17.3 Å². The monoisotopic (exact) mass is 331 g/mol. The number of nitrogens with zero attached hydrogens (tertiary/aromatic N) is 3. The van der Waals surface area contributed by atoms with Crippen molar-refractivity contribution in [2.24, 2.45) is 15.3 Å². The molecule has 0 fully saturated rings. The highest BCUT2D eigenvalue weighted by atomic mass is 32.2. The van der Waals surface area contributed by atoms with Crippen LogP contribution in [-0.2, 0) is 9.59 Å². The summed E-state index contributed by atoms with van der Waals surface area (Å²) < 4.78 is 0. The predicted molar refractivity (Wildman–Crippen MR) is 86.8 cm³/mol. The average Bonchev–Trinajstić information content (AvgIpc) is 2.54. The number of amides is 4. The normalized spacial score (nSPS) is 17.7. The van der Waals surface area contributed by atoms with Gasteiger partial charge in [-0.05, 0) is 11.6 Å².